The van der Waals surface area contributed by atoms with Gasteiger partial charge in [0.1, 0.15) is 5.03 Å². The van der Waals surface area contributed by atoms with E-state index in [0.29, 0.717) is 11.4 Å². The first-order chi connectivity index (χ1) is 15.4. The molecule has 1 unspecified atom stereocenters. The highest BCUT2D eigenvalue weighted by atomic mass is 32.2. The van der Waals surface area contributed by atoms with Crippen molar-refractivity contribution in [1.82, 2.24) is 10.3 Å². The van der Waals surface area contributed by atoms with Gasteiger partial charge in [0.2, 0.25) is 0 Å². The number of benzene rings is 2. The molecular weight excluding hydrogens is 424 g/mol. The second-order valence-electron chi connectivity index (χ2n) is 7.27. The van der Waals surface area contributed by atoms with Crippen molar-refractivity contribution in [3.8, 4) is 0 Å². The summed E-state index contributed by atoms with van der Waals surface area (Å²) >= 11 is 1.34. The first kappa shape index (κ1) is 23.2. The highest BCUT2D eigenvalue weighted by Crippen LogP contribution is 2.29. The molecule has 1 aromatic heterocycles. The summed E-state index contributed by atoms with van der Waals surface area (Å²) in [5, 5.41) is 3.14. The summed E-state index contributed by atoms with van der Waals surface area (Å²) in [7, 11) is 0. The van der Waals surface area contributed by atoms with E-state index in [9.17, 15) is 14.4 Å². The maximum absolute atomic E-state index is 12.6. The van der Waals surface area contributed by atoms with Crippen LogP contribution in [0.25, 0.3) is 0 Å². The van der Waals surface area contributed by atoms with Crippen LogP contribution in [0, 0.1) is 6.92 Å². The Balaban J connectivity index is 1.59. The van der Waals surface area contributed by atoms with Crippen molar-refractivity contribution in [3.63, 3.8) is 0 Å². The highest BCUT2D eigenvalue weighted by Gasteiger charge is 2.20. The molecule has 7 heteroatoms. The van der Waals surface area contributed by atoms with Crippen LogP contribution in [0.2, 0.25) is 0 Å². The van der Waals surface area contributed by atoms with Crippen LogP contribution in [-0.4, -0.2) is 35.3 Å². The molecule has 164 valence electrons. The van der Waals surface area contributed by atoms with E-state index in [1.165, 1.54) is 18.7 Å². The lowest BCUT2D eigenvalue weighted by atomic mass is 10.0. The Kier molecular flexibility index (Phi) is 8.16. The fourth-order valence-corrected chi connectivity index (χ4v) is 3.81. The minimum Gasteiger partial charge on any atom is -0.452 e. The van der Waals surface area contributed by atoms with E-state index in [2.05, 4.69) is 10.3 Å². The standard InChI is InChI=1S/C25H24N2O4S/c1-17-10-12-20(13-11-17)32-24-21(9-6-14-26-24)25(30)31-16-23(29)27-22(18(2)28)15-19-7-4-3-5-8-19/h3-14,22H,15-16H2,1-2H3,(H,27,29). The van der Waals surface area contributed by atoms with E-state index >= 15 is 0 Å². The number of aryl methyl sites for hydroxylation is 1. The Labute approximate surface area is 191 Å². The molecule has 2 aromatic carbocycles. The number of pyridine rings is 1. The maximum Gasteiger partial charge on any atom is 0.341 e. The van der Waals surface area contributed by atoms with Crippen molar-refractivity contribution < 1.29 is 19.1 Å². The minimum atomic E-state index is -0.686. The summed E-state index contributed by atoms with van der Waals surface area (Å²) in [6.45, 7) is 2.94. The third-order valence-corrected chi connectivity index (χ3v) is 5.70. The quantitative estimate of drug-likeness (QED) is 0.498. The largest absolute Gasteiger partial charge is 0.452 e. The van der Waals surface area contributed by atoms with E-state index < -0.39 is 24.5 Å². The number of hydrogen-bond donors (Lipinski definition) is 1. The molecule has 0 fully saturated rings. The van der Waals surface area contributed by atoms with E-state index in [4.69, 9.17) is 4.74 Å². The fourth-order valence-electron chi connectivity index (χ4n) is 2.94. The van der Waals surface area contributed by atoms with Gasteiger partial charge in [-0.05, 0) is 50.1 Å². The maximum atomic E-state index is 12.6. The predicted octanol–water partition coefficient (Wildman–Crippen LogP) is 4.01. The second kappa shape index (κ2) is 11.2. The summed E-state index contributed by atoms with van der Waals surface area (Å²) in [4.78, 5) is 42.1. The zero-order valence-corrected chi connectivity index (χ0v) is 18.7. The van der Waals surface area contributed by atoms with E-state index in [0.717, 1.165) is 16.0 Å². The van der Waals surface area contributed by atoms with Crippen molar-refractivity contribution in [2.24, 2.45) is 0 Å². The van der Waals surface area contributed by atoms with Crippen LogP contribution in [0.15, 0.2) is 82.8 Å². The summed E-state index contributed by atoms with van der Waals surface area (Å²) in [6.07, 6.45) is 1.97. The zero-order valence-electron chi connectivity index (χ0n) is 17.9. The second-order valence-corrected chi connectivity index (χ2v) is 8.33. The van der Waals surface area contributed by atoms with Crippen LogP contribution in [0.5, 0.6) is 0 Å². The predicted molar refractivity (Wildman–Crippen MR) is 123 cm³/mol. The molecule has 0 saturated carbocycles. The van der Waals surface area contributed by atoms with Crippen molar-refractivity contribution in [2.45, 2.75) is 36.2 Å². The summed E-state index contributed by atoms with van der Waals surface area (Å²) in [5.74, 6) is -1.35. The molecule has 0 aliphatic carbocycles. The first-order valence-corrected chi connectivity index (χ1v) is 10.9. The summed E-state index contributed by atoms with van der Waals surface area (Å²) < 4.78 is 5.20. The van der Waals surface area contributed by atoms with Crippen LogP contribution < -0.4 is 5.32 Å². The normalized spacial score (nSPS) is 11.4. The number of nitrogens with zero attached hydrogens (tertiary/aromatic N) is 1. The number of aromatic nitrogens is 1. The van der Waals surface area contributed by atoms with Gasteiger partial charge in [-0.25, -0.2) is 9.78 Å². The van der Waals surface area contributed by atoms with Crippen LogP contribution in [0.4, 0.5) is 0 Å². The Morgan fingerprint density at radius 1 is 1.00 bits per heavy atom. The number of amides is 1. The molecule has 1 amide bonds. The van der Waals surface area contributed by atoms with Gasteiger partial charge in [-0.2, -0.15) is 0 Å². The number of hydrogen-bond acceptors (Lipinski definition) is 6. The Hall–Kier alpha value is -3.45. The Morgan fingerprint density at radius 3 is 2.41 bits per heavy atom. The molecule has 1 heterocycles. The Bertz CT molecular complexity index is 1080. The zero-order chi connectivity index (χ0) is 22.9. The summed E-state index contributed by atoms with van der Waals surface area (Å²) in [5.41, 5.74) is 2.34. The monoisotopic (exact) mass is 448 g/mol. The van der Waals surface area contributed by atoms with Crippen LogP contribution in [0.1, 0.15) is 28.4 Å². The number of carbonyl (C=O) groups excluding carboxylic acids is 3. The molecule has 6 nitrogen and oxygen atoms in total. The number of esters is 1. The molecule has 0 aliphatic rings. The lowest BCUT2D eigenvalue weighted by molar-refractivity contribution is -0.128. The third-order valence-electron chi connectivity index (χ3n) is 4.67. The van der Waals surface area contributed by atoms with Crippen molar-refractivity contribution >= 4 is 29.4 Å². The van der Waals surface area contributed by atoms with Gasteiger partial charge >= 0.3 is 5.97 Å². The van der Waals surface area contributed by atoms with E-state index in [-0.39, 0.29) is 11.3 Å². The van der Waals surface area contributed by atoms with Gasteiger partial charge in [-0.1, -0.05) is 59.8 Å². The number of Topliss-reactive ketones (excluding diaryl/α,β-unsaturated/α-hetero) is 1. The topological polar surface area (TPSA) is 85.4 Å². The number of ketones is 1. The van der Waals surface area contributed by atoms with E-state index in [1.54, 1.807) is 18.3 Å². The smallest absolute Gasteiger partial charge is 0.341 e. The van der Waals surface area contributed by atoms with Crippen molar-refractivity contribution in [3.05, 3.63) is 89.6 Å². The van der Waals surface area contributed by atoms with Crippen LogP contribution in [0.3, 0.4) is 0 Å². The molecule has 3 aromatic rings. The molecule has 1 atom stereocenters. The summed E-state index contributed by atoms with van der Waals surface area (Å²) in [6, 6.07) is 19.8. The highest BCUT2D eigenvalue weighted by molar-refractivity contribution is 7.99. The number of rotatable bonds is 9. The molecule has 0 radical (unpaired) electrons. The van der Waals surface area contributed by atoms with E-state index in [1.807, 2.05) is 61.5 Å². The van der Waals surface area contributed by atoms with Crippen LogP contribution >= 0.6 is 11.8 Å². The van der Waals surface area contributed by atoms with Gasteiger partial charge in [0.05, 0.1) is 11.6 Å². The van der Waals surface area contributed by atoms with Gasteiger partial charge in [0.15, 0.2) is 12.4 Å². The average Bonchev–Trinajstić information content (AvgIpc) is 2.79. The molecular formula is C25H24N2O4S. The van der Waals surface area contributed by atoms with Crippen molar-refractivity contribution in [1.29, 1.82) is 0 Å². The van der Waals surface area contributed by atoms with Gasteiger partial charge < -0.3 is 10.1 Å². The molecule has 3 rings (SSSR count). The molecule has 0 saturated heterocycles. The SMILES string of the molecule is CC(=O)C(Cc1ccccc1)NC(=O)COC(=O)c1cccnc1Sc1ccc(C)cc1. The lowest BCUT2D eigenvalue weighted by Gasteiger charge is -2.16. The molecule has 0 spiro atoms. The molecule has 32 heavy (non-hydrogen) atoms. The number of carbonyl (C=O) groups is 3. The minimum absolute atomic E-state index is 0.169. The van der Waals surface area contributed by atoms with Gasteiger partial charge in [-0.15, -0.1) is 0 Å². The Morgan fingerprint density at radius 2 is 1.72 bits per heavy atom. The molecule has 0 bridgehead atoms. The first-order valence-electron chi connectivity index (χ1n) is 10.1. The number of nitrogens with one attached hydrogen (secondary N) is 1. The van der Waals surface area contributed by atoms with Gasteiger partial charge in [-0.3, -0.25) is 9.59 Å². The fraction of sp³-hybridized carbons (Fsp3) is 0.200. The third kappa shape index (κ3) is 6.78. The number of ether oxygens (including phenoxy) is 1. The molecule has 1 N–H and O–H groups in total. The van der Waals surface area contributed by atoms with Gasteiger partial charge in [0, 0.05) is 11.1 Å². The lowest BCUT2D eigenvalue weighted by Crippen LogP contribution is -2.43. The van der Waals surface area contributed by atoms with Crippen molar-refractivity contribution in [2.75, 3.05) is 6.61 Å². The van der Waals surface area contributed by atoms with Crippen LogP contribution in [-0.2, 0) is 20.7 Å². The molecule has 0 aliphatic heterocycles. The average molecular weight is 449 g/mol. The van der Waals surface area contributed by atoms with Gasteiger partial charge in [0.25, 0.3) is 5.91 Å².